The third-order valence-corrected chi connectivity index (χ3v) is 15.2. The fourth-order valence-electron chi connectivity index (χ4n) is 10.1. The van der Waals surface area contributed by atoms with Crippen molar-refractivity contribution in [3.8, 4) is 0 Å². The normalized spacial score (nSPS) is 18.8. The summed E-state index contributed by atoms with van der Waals surface area (Å²) in [5.74, 6) is -2.46. The van der Waals surface area contributed by atoms with Crippen LogP contribution in [0.3, 0.4) is 0 Å². The van der Waals surface area contributed by atoms with Crippen LogP contribution in [0, 0.1) is 10.8 Å². The number of benzene rings is 3. The Kier molecular flexibility index (Phi) is 23.5. The molecule has 0 unspecified atom stereocenters. The Labute approximate surface area is 498 Å². The molecule has 2 aliphatic rings. The minimum Gasteiger partial charge on any atom is -0.444 e. The third kappa shape index (κ3) is 20.1. The maximum Gasteiger partial charge on any atom is 0.410 e. The van der Waals surface area contributed by atoms with E-state index in [1.807, 2.05) is 77.9 Å². The minimum atomic E-state index is -0.984. The van der Waals surface area contributed by atoms with E-state index in [-0.39, 0.29) is 37.0 Å². The maximum absolute atomic E-state index is 14.8. The number of nitrogens with zero attached hydrogens (tertiary/aromatic N) is 4. The van der Waals surface area contributed by atoms with Crippen molar-refractivity contribution in [2.45, 2.75) is 182 Å². The fraction of sp³-hybridized carbons (Fsp3) is 0.594. The Morgan fingerprint density at radius 2 is 0.833 bits per heavy atom. The average Bonchev–Trinajstić information content (AvgIpc) is 3.23. The number of nitrogens with one attached hydrogen (secondary N) is 6. The van der Waals surface area contributed by atoms with Crippen LogP contribution in [0.4, 0.5) is 9.59 Å². The third-order valence-electron chi connectivity index (χ3n) is 15.2. The zero-order chi connectivity index (χ0) is 62.5. The molecule has 0 bridgehead atoms. The molecule has 0 aromatic heterocycles. The second-order valence-electron chi connectivity index (χ2n) is 26.7. The standard InChI is InChI=1S/C64H96N10O10/c1-41(71(15)59(81)83-63(9,10)11)53(75)69-51(61(3,4)5)57(79)73-39-47(35-49(73)37-65-33-31-43-23-19-17-20-24-43)67-55(77)45-27-29-46(30-28-45)56(78)68-48-36-50(38-66-34-32-44-25-21-18-22-26-44)74(40-48)58(80)52(62(6,7)8)70-54(76)42(2)72(16)60(82)84-64(12,13)14/h17-30,41-42,47-52,65-66H,31-40H2,1-16H3,(H,67,77)(H,68,78)(H,69,75)(H,70,76)/t41-,42-,47-,48-,49-,50-,51+,52+/m0/s1. The van der Waals surface area contributed by atoms with Crippen LogP contribution in [0.1, 0.15) is 142 Å². The van der Waals surface area contributed by atoms with Gasteiger partial charge in [-0.3, -0.25) is 38.6 Å². The molecule has 20 nitrogen and oxygen atoms in total. The minimum absolute atomic E-state index is 0.170. The van der Waals surface area contributed by atoms with Crippen molar-refractivity contribution in [2.75, 3.05) is 53.4 Å². The maximum atomic E-state index is 14.8. The van der Waals surface area contributed by atoms with E-state index in [4.69, 9.17) is 9.47 Å². The van der Waals surface area contributed by atoms with Gasteiger partial charge >= 0.3 is 12.2 Å². The molecule has 6 N–H and O–H groups in total. The van der Waals surface area contributed by atoms with E-state index in [0.29, 0.717) is 50.1 Å². The molecule has 0 saturated carbocycles. The molecule has 84 heavy (non-hydrogen) atoms. The largest absolute Gasteiger partial charge is 0.444 e. The van der Waals surface area contributed by atoms with Crippen molar-refractivity contribution in [3.05, 3.63) is 107 Å². The van der Waals surface area contributed by atoms with Crippen LogP contribution in [0.5, 0.6) is 0 Å². The van der Waals surface area contributed by atoms with Gasteiger partial charge in [0.05, 0.1) is 0 Å². The van der Waals surface area contributed by atoms with Crippen LogP contribution in [-0.2, 0) is 41.5 Å². The first-order valence-electron chi connectivity index (χ1n) is 29.5. The molecule has 2 fully saturated rings. The summed E-state index contributed by atoms with van der Waals surface area (Å²) in [5, 5.41) is 19.2. The summed E-state index contributed by atoms with van der Waals surface area (Å²) >= 11 is 0. The number of amides is 8. The summed E-state index contributed by atoms with van der Waals surface area (Å²) in [6.45, 7) is 27.3. The van der Waals surface area contributed by atoms with Crippen LogP contribution in [0.2, 0.25) is 0 Å². The molecule has 5 rings (SSSR count). The molecule has 2 saturated heterocycles. The number of hydrogen-bond acceptors (Lipinski definition) is 12. The van der Waals surface area contributed by atoms with Crippen molar-refractivity contribution in [1.29, 1.82) is 0 Å². The van der Waals surface area contributed by atoms with Gasteiger partial charge in [0.2, 0.25) is 23.6 Å². The van der Waals surface area contributed by atoms with Gasteiger partial charge in [0.15, 0.2) is 0 Å². The average molecular weight is 1170 g/mol. The van der Waals surface area contributed by atoms with Gasteiger partial charge in [-0.2, -0.15) is 0 Å². The molecule has 3 aromatic carbocycles. The molecule has 462 valence electrons. The summed E-state index contributed by atoms with van der Waals surface area (Å²) in [6.07, 6.45) is 1.05. The molecule has 3 aromatic rings. The molecule has 20 heteroatoms. The van der Waals surface area contributed by atoms with Gasteiger partial charge in [0, 0.05) is 75.6 Å². The number of ether oxygens (including phenoxy) is 2. The van der Waals surface area contributed by atoms with Crippen molar-refractivity contribution >= 4 is 47.6 Å². The van der Waals surface area contributed by atoms with Crippen LogP contribution in [0.15, 0.2) is 84.9 Å². The molecule has 2 aliphatic heterocycles. The Hall–Kier alpha value is -7.06. The van der Waals surface area contributed by atoms with E-state index >= 15 is 0 Å². The SMILES string of the molecule is C[C@@H](C(=O)N[C@H](C(=O)N1C[C@@H](NC(=O)c2ccc(C(=O)N[C@H]3C[C@@H](CNCCc4ccccc4)N(C(=O)[C@@H](NC(=O)[C@H](C)N(C)C(=O)OC(C)(C)C)C(C)(C)C)C3)cc2)C[C@H]1CNCCc1ccccc1)C(C)(C)C)N(C)C(=O)OC(C)(C)C. The first-order valence-corrected chi connectivity index (χ1v) is 29.5. The number of likely N-dealkylation sites (N-methyl/N-ethyl adjacent to an activating group) is 2. The molecular formula is C64H96N10O10. The van der Waals surface area contributed by atoms with E-state index in [0.717, 1.165) is 24.0 Å². The zero-order valence-corrected chi connectivity index (χ0v) is 52.6. The van der Waals surface area contributed by atoms with Crippen molar-refractivity contribution in [3.63, 3.8) is 0 Å². The van der Waals surface area contributed by atoms with Crippen molar-refractivity contribution in [1.82, 2.24) is 51.5 Å². The summed E-state index contributed by atoms with van der Waals surface area (Å²) in [4.78, 5) is 117. The summed E-state index contributed by atoms with van der Waals surface area (Å²) in [5.41, 5.74) is -0.108. The quantitative estimate of drug-likeness (QED) is 0.0606. The van der Waals surface area contributed by atoms with E-state index in [1.54, 1.807) is 89.5 Å². The Morgan fingerprint density at radius 1 is 0.512 bits per heavy atom. The van der Waals surface area contributed by atoms with Gasteiger partial charge in [-0.25, -0.2) is 9.59 Å². The summed E-state index contributed by atoms with van der Waals surface area (Å²) in [7, 11) is 2.96. The predicted octanol–water partition coefficient (Wildman–Crippen LogP) is 6.32. The molecule has 8 amide bonds. The van der Waals surface area contributed by atoms with E-state index in [2.05, 4.69) is 56.2 Å². The van der Waals surface area contributed by atoms with Crippen LogP contribution < -0.4 is 31.9 Å². The van der Waals surface area contributed by atoms with Gasteiger partial charge < -0.3 is 51.2 Å². The Bertz CT molecular complexity index is 2530. The first-order chi connectivity index (χ1) is 39.1. The van der Waals surface area contributed by atoms with Crippen molar-refractivity contribution < 1.29 is 47.8 Å². The number of rotatable bonds is 22. The lowest BCUT2D eigenvalue weighted by molar-refractivity contribution is -0.141. The van der Waals surface area contributed by atoms with Crippen LogP contribution in [-0.4, -0.2) is 180 Å². The molecule has 0 radical (unpaired) electrons. The first kappa shape index (κ1) is 67.7. The highest BCUT2D eigenvalue weighted by atomic mass is 16.6. The van der Waals surface area contributed by atoms with Gasteiger partial charge in [-0.1, -0.05) is 102 Å². The summed E-state index contributed by atoms with van der Waals surface area (Å²) in [6, 6.07) is 20.9. The second kappa shape index (κ2) is 29.2. The van der Waals surface area contributed by atoms with Crippen LogP contribution >= 0.6 is 0 Å². The van der Waals surface area contributed by atoms with Gasteiger partial charge in [-0.15, -0.1) is 0 Å². The second-order valence-corrected chi connectivity index (χ2v) is 26.7. The smallest absolute Gasteiger partial charge is 0.410 e. The topological polar surface area (TPSA) is 240 Å². The summed E-state index contributed by atoms with van der Waals surface area (Å²) < 4.78 is 11.0. The molecule has 0 aliphatic carbocycles. The fourth-order valence-corrected chi connectivity index (χ4v) is 10.1. The Balaban J connectivity index is 1.28. The zero-order valence-electron chi connectivity index (χ0n) is 52.6. The van der Waals surface area contributed by atoms with Crippen LogP contribution in [0.25, 0.3) is 0 Å². The lowest BCUT2D eigenvalue weighted by atomic mass is 9.85. The monoisotopic (exact) mass is 1160 g/mol. The molecule has 0 spiro atoms. The molecule has 8 atom stereocenters. The highest BCUT2D eigenvalue weighted by Crippen LogP contribution is 2.29. The number of carbonyl (C=O) groups excluding carboxylic acids is 8. The molecule has 2 heterocycles. The lowest BCUT2D eigenvalue weighted by Crippen LogP contribution is -2.59. The van der Waals surface area contributed by atoms with Gasteiger partial charge in [-0.05, 0) is 140 Å². The van der Waals surface area contributed by atoms with E-state index in [9.17, 15) is 38.4 Å². The molecular weight excluding hydrogens is 1070 g/mol. The lowest BCUT2D eigenvalue weighted by Gasteiger charge is -2.37. The van der Waals surface area contributed by atoms with Gasteiger partial charge in [0.25, 0.3) is 11.8 Å². The number of hydrogen-bond donors (Lipinski definition) is 6. The predicted molar refractivity (Wildman–Crippen MR) is 325 cm³/mol. The number of carbonyl (C=O) groups is 8. The van der Waals surface area contributed by atoms with Gasteiger partial charge in [0.1, 0.15) is 35.4 Å². The highest BCUT2D eigenvalue weighted by Gasteiger charge is 2.45. The van der Waals surface area contributed by atoms with E-state index in [1.165, 1.54) is 23.9 Å². The Morgan fingerprint density at radius 3 is 1.13 bits per heavy atom. The van der Waals surface area contributed by atoms with Crippen molar-refractivity contribution in [2.24, 2.45) is 10.8 Å². The van der Waals surface area contributed by atoms with E-state index < -0.39 is 94.1 Å². The number of likely N-dealkylation sites (tertiary alicyclic amines) is 2. The highest BCUT2D eigenvalue weighted by molar-refractivity contribution is 5.98.